The lowest BCUT2D eigenvalue weighted by molar-refractivity contribution is 0.0371. The van der Waals surface area contributed by atoms with Gasteiger partial charge in [-0.15, -0.1) is 0 Å². The fraction of sp³-hybridized carbons (Fsp3) is 0.478. The maximum absolute atomic E-state index is 5.41. The molecule has 0 unspecified atom stereocenters. The topological polar surface area (TPSA) is 12.5 Å². The maximum Gasteiger partial charge on any atom is 0.0594 e. The summed E-state index contributed by atoms with van der Waals surface area (Å²) >= 11 is 0. The molecule has 2 aliphatic rings. The third-order valence-corrected chi connectivity index (χ3v) is 5.72. The minimum atomic E-state index is 0.918. The summed E-state index contributed by atoms with van der Waals surface area (Å²) in [4.78, 5) is 2.55. The molecule has 0 N–H and O–H groups in total. The molecule has 1 saturated heterocycles. The van der Waals surface area contributed by atoms with Gasteiger partial charge in [-0.2, -0.15) is 0 Å². The van der Waals surface area contributed by atoms with Crippen LogP contribution in [-0.2, 0) is 17.6 Å². The van der Waals surface area contributed by atoms with E-state index in [0.29, 0.717) is 0 Å². The first-order chi connectivity index (χ1) is 12.4. The van der Waals surface area contributed by atoms with Crippen LogP contribution in [0, 0.1) is 0 Å². The van der Waals surface area contributed by atoms with Crippen LogP contribution in [0.25, 0.3) is 11.1 Å². The van der Waals surface area contributed by atoms with Crippen molar-refractivity contribution in [3.63, 3.8) is 0 Å². The van der Waals surface area contributed by atoms with Crippen molar-refractivity contribution in [3.8, 4) is 11.1 Å². The molecule has 25 heavy (non-hydrogen) atoms. The number of nitrogens with zero attached hydrogens (tertiary/aromatic N) is 1. The van der Waals surface area contributed by atoms with Crippen LogP contribution in [0.4, 0.5) is 0 Å². The summed E-state index contributed by atoms with van der Waals surface area (Å²) in [6.07, 6.45) is 7.70. The average Bonchev–Trinajstić information content (AvgIpc) is 3.05. The molecule has 132 valence electrons. The number of morpholine rings is 1. The van der Waals surface area contributed by atoms with Crippen LogP contribution in [0.5, 0.6) is 0 Å². The molecule has 0 atom stereocenters. The quantitative estimate of drug-likeness (QED) is 0.581. The van der Waals surface area contributed by atoms with Crippen LogP contribution in [0.15, 0.2) is 42.5 Å². The zero-order chi connectivity index (χ0) is 16.9. The highest BCUT2D eigenvalue weighted by Gasteiger charge is 2.19. The first kappa shape index (κ1) is 16.8. The van der Waals surface area contributed by atoms with E-state index in [2.05, 4.69) is 47.4 Å². The van der Waals surface area contributed by atoms with Gasteiger partial charge in [0.25, 0.3) is 0 Å². The maximum atomic E-state index is 5.41. The fourth-order valence-electron chi connectivity index (χ4n) is 4.29. The number of ether oxygens (including phenoxy) is 1. The van der Waals surface area contributed by atoms with Gasteiger partial charge in [-0.25, -0.2) is 0 Å². The molecule has 1 aliphatic carbocycles. The van der Waals surface area contributed by atoms with Gasteiger partial charge >= 0.3 is 0 Å². The van der Waals surface area contributed by atoms with Crippen LogP contribution >= 0.6 is 0 Å². The van der Waals surface area contributed by atoms with Gasteiger partial charge in [0.1, 0.15) is 0 Å². The molecule has 0 spiro atoms. The van der Waals surface area contributed by atoms with E-state index >= 15 is 0 Å². The molecule has 1 heterocycles. The molecule has 1 aliphatic heterocycles. The summed E-state index contributed by atoms with van der Waals surface area (Å²) in [7, 11) is 0. The van der Waals surface area contributed by atoms with Crippen molar-refractivity contribution in [1.29, 1.82) is 0 Å². The largest absolute Gasteiger partial charge is 0.379 e. The Labute approximate surface area is 151 Å². The van der Waals surface area contributed by atoms with Gasteiger partial charge in [0.2, 0.25) is 0 Å². The van der Waals surface area contributed by atoms with Gasteiger partial charge in [-0.05, 0) is 60.0 Å². The highest BCUT2D eigenvalue weighted by Crippen LogP contribution is 2.38. The number of hydrogen-bond acceptors (Lipinski definition) is 2. The van der Waals surface area contributed by atoms with Gasteiger partial charge < -0.3 is 4.74 Å². The third kappa shape index (κ3) is 3.96. The molecule has 2 heteroatoms. The van der Waals surface area contributed by atoms with E-state index in [1.165, 1.54) is 55.3 Å². The van der Waals surface area contributed by atoms with Crippen LogP contribution < -0.4 is 0 Å². The highest BCUT2D eigenvalue weighted by atomic mass is 16.5. The Hall–Kier alpha value is -1.64. The zero-order valence-corrected chi connectivity index (χ0v) is 15.2. The number of rotatable bonds is 7. The lowest BCUT2D eigenvalue weighted by Gasteiger charge is -2.26. The SMILES string of the molecule is c1ccc2c(c1)Cc1c(CCCCCCN3CCOCC3)cccc1-2. The van der Waals surface area contributed by atoms with Crippen molar-refractivity contribution in [2.75, 3.05) is 32.8 Å². The Kier molecular flexibility index (Phi) is 5.49. The smallest absolute Gasteiger partial charge is 0.0594 e. The van der Waals surface area contributed by atoms with Gasteiger partial charge in [-0.1, -0.05) is 55.3 Å². The summed E-state index contributed by atoms with van der Waals surface area (Å²) < 4.78 is 5.41. The highest BCUT2D eigenvalue weighted by molar-refractivity contribution is 5.77. The van der Waals surface area contributed by atoms with Gasteiger partial charge in [-0.3, -0.25) is 4.90 Å². The number of benzene rings is 2. The van der Waals surface area contributed by atoms with E-state index in [1.54, 1.807) is 11.1 Å². The molecule has 0 bridgehead atoms. The minimum Gasteiger partial charge on any atom is -0.379 e. The molecule has 2 nitrogen and oxygen atoms in total. The van der Waals surface area contributed by atoms with E-state index < -0.39 is 0 Å². The second-order valence-electron chi connectivity index (χ2n) is 7.40. The molecule has 0 amide bonds. The molecule has 2 aromatic carbocycles. The molecule has 4 rings (SSSR count). The van der Waals surface area contributed by atoms with E-state index in [-0.39, 0.29) is 0 Å². The minimum absolute atomic E-state index is 0.918. The van der Waals surface area contributed by atoms with Gasteiger partial charge in [0.05, 0.1) is 13.2 Å². The molecule has 0 saturated carbocycles. The van der Waals surface area contributed by atoms with Crippen molar-refractivity contribution in [1.82, 2.24) is 4.90 Å². The summed E-state index contributed by atoms with van der Waals surface area (Å²) in [5, 5.41) is 0. The van der Waals surface area contributed by atoms with Crippen LogP contribution in [0.2, 0.25) is 0 Å². The zero-order valence-electron chi connectivity index (χ0n) is 15.2. The summed E-state index contributed by atoms with van der Waals surface area (Å²) in [5.74, 6) is 0. The number of aryl methyl sites for hydroxylation is 1. The fourth-order valence-corrected chi connectivity index (χ4v) is 4.29. The molecule has 2 aromatic rings. The Morgan fingerprint density at radius 3 is 2.52 bits per heavy atom. The van der Waals surface area contributed by atoms with E-state index in [4.69, 9.17) is 4.74 Å². The van der Waals surface area contributed by atoms with Crippen LogP contribution in [-0.4, -0.2) is 37.7 Å². The van der Waals surface area contributed by atoms with Crippen molar-refractivity contribution >= 4 is 0 Å². The molecular formula is C23H29NO. The Morgan fingerprint density at radius 2 is 1.60 bits per heavy atom. The number of fused-ring (bicyclic) bond motifs is 3. The first-order valence-corrected chi connectivity index (χ1v) is 9.91. The number of hydrogen-bond donors (Lipinski definition) is 0. The van der Waals surface area contributed by atoms with E-state index in [0.717, 1.165) is 32.7 Å². The Morgan fingerprint density at radius 1 is 0.800 bits per heavy atom. The standard InChI is InChI=1S/C23H29NO/c1(2-6-13-24-14-16-25-17-15-24)3-8-19-10-7-12-22-21-11-5-4-9-20(21)18-23(19)22/h4-5,7,9-12H,1-3,6,8,13-18H2. The third-order valence-electron chi connectivity index (χ3n) is 5.72. The molecule has 0 aromatic heterocycles. The first-order valence-electron chi connectivity index (χ1n) is 9.91. The Balaban J connectivity index is 1.24. The normalized spacial score (nSPS) is 16.6. The van der Waals surface area contributed by atoms with Crippen molar-refractivity contribution in [2.45, 2.75) is 38.5 Å². The predicted molar refractivity (Wildman–Crippen MR) is 104 cm³/mol. The van der Waals surface area contributed by atoms with Crippen LogP contribution in [0.1, 0.15) is 42.4 Å². The molecule has 1 fully saturated rings. The molecular weight excluding hydrogens is 306 g/mol. The second kappa shape index (κ2) is 8.16. The van der Waals surface area contributed by atoms with Crippen molar-refractivity contribution < 1.29 is 4.74 Å². The summed E-state index contributed by atoms with van der Waals surface area (Å²) in [6, 6.07) is 15.8. The summed E-state index contributed by atoms with van der Waals surface area (Å²) in [5.41, 5.74) is 7.57. The number of unbranched alkanes of at least 4 members (excludes halogenated alkanes) is 3. The van der Waals surface area contributed by atoms with Crippen molar-refractivity contribution in [2.24, 2.45) is 0 Å². The van der Waals surface area contributed by atoms with E-state index in [9.17, 15) is 0 Å². The lowest BCUT2D eigenvalue weighted by Crippen LogP contribution is -2.36. The Bertz CT molecular complexity index is 703. The van der Waals surface area contributed by atoms with Gasteiger partial charge in [0, 0.05) is 13.1 Å². The van der Waals surface area contributed by atoms with Gasteiger partial charge in [0.15, 0.2) is 0 Å². The van der Waals surface area contributed by atoms with E-state index in [1.807, 2.05) is 0 Å². The van der Waals surface area contributed by atoms with Crippen LogP contribution in [0.3, 0.4) is 0 Å². The van der Waals surface area contributed by atoms with Crippen molar-refractivity contribution in [3.05, 3.63) is 59.2 Å². The predicted octanol–water partition coefficient (Wildman–Crippen LogP) is 4.69. The molecule has 0 radical (unpaired) electrons. The summed E-state index contributed by atoms with van der Waals surface area (Å²) in [6.45, 7) is 5.33. The second-order valence-corrected chi connectivity index (χ2v) is 7.40. The lowest BCUT2D eigenvalue weighted by atomic mass is 9.97. The monoisotopic (exact) mass is 335 g/mol. The average molecular weight is 335 g/mol.